The number of nitro groups is 1. The number of nitrogens with two attached hydrogens (primary N) is 1. The van der Waals surface area contributed by atoms with Gasteiger partial charge in [-0.15, -0.1) is 11.3 Å². The maximum Gasteiger partial charge on any atom is 0.400 e. The van der Waals surface area contributed by atoms with Crippen LogP contribution in [-0.2, 0) is 11.4 Å². The van der Waals surface area contributed by atoms with Gasteiger partial charge in [-0.3, -0.25) is 10.1 Å². The first kappa shape index (κ1) is 19.1. The molecule has 2 N–H and O–H groups in total. The molecule has 28 heavy (non-hydrogen) atoms. The average Bonchev–Trinajstić information content (AvgIpc) is 3.35. The van der Waals surface area contributed by atoms with Gasteiger partial charge in [0.2, 0.25) is 5.76 Å². The number of benzene rings is 1. The molecule has 0 radical (unpaired) electrons. The number of amidine groups is 1. The number of thiophene rings is 1. The average molecular weight is 401 g/mol. The Morgan fingerprint density at radius 3 is 2.82 bits per heavy atom. The van der Waals surface area contributed by atoms with Crippen molar-refractivity contribution >= 4 is 28.8 Å². The third-order valence-electron chi connectivity index (χ3n) is 3.61. The summed E-state index contributed by atoms with van der Waals surface area (Å²) in [4.78, 5) is 27.8. The molecule has 0 saturated carbocycles. The van der Waals surface area contributed by atoms with Crippen molar-refractivity contribution in [3.8, 4) is 5.75 Å². The number of nitro benzene ring substituents is 1. The molecule has 0 bridgehead atoms. The summed E-state index contributed by atoms with van der Waals surface area (Å²) in [6, 6.07) is 10.9. The Balaban J connectivity index is 1.58. The van der Waals surface area contributed by atoms with Crippen LogP contribution >= 0.6 is 11.3 Å². The van der Waals surface area contributed by atoms with E-state index in [1.165, 1.54) is 29.5 Å². The first-order valence-corrected chi connectivity index (χ1v) is 8.87. The highest BCUT2D eigenvalue weighted by atomic mass is 32.1. The maximum absolute atomic E-state index is 12.0. The highest BCUT2D eigenvalue weighted by Crippen LogP contribution is 2.24. The van der Waals surface area contributed by atoms with Gasteiger partial charge in [0.25, 0.3) is 5.69 Å². The highest BCUT2D eigenvalue weighted by molar-refractivity contribution is 7.12. The number of hydrogen-bond acceptors (Lipinski definition) is 8. The van der Waals surface area contributed by atoms with Gasteiger partial charge in [0.05, 0.1) is 9.80 Å². The molecule has 0 spiro atoms. The molecule has 0 unspecified atom stereocenters. The Kier molecular flexibility index (Phi) is 5.70. The fourth-order valence-corrected chi connectivity index (χ4v) is 2.87. The molecule has 10 heteroatoms. The number of rotatable bonds is 7. The predicted octanol–water partition coefficient (Wildman–Crippen LogP) is 3.61. The van der Waals surface area contributed by atoms with Crippen LogP contribution in [-0.4, -0.2) is 16.7 Å². The molecule has 9 nitrogen and oxygen atoms in total. The molecule has 2 heterocycles. The van der Waals surface area contributed by atoms with Crippen molar-refractivity contribution in [2.24, 2.45) is 10.9 Å². The zero-order valence-electron chi connectivity index (χ0n) is 14.7. The SMILES string of the molecule is Cc1cc(OCc2ccc(C(=O)O/N=C(\N)c3cccs3)o2)ccc1[N+](=O)[O-]. The van der Waals surface area contributed by atoms with Crippen molar-refractivity contribution in [2.75, 3.05) is 0 Å². The summed E-state index contributed by atoms with van der Waals surface area (Å²) in [5.41, 5.74) is 6.21. The molecule has 3 rings (SSSR count). The van der Waals surface area contributed by atoms with E-state index in [9.17, 15) is 14.9 Å². The zero-order chi connectivity index (χ0) is 20.1. The van der Waals surface area contributed by atoms with Crippen LogP contribution in [0.5, 0.6) is 5.75 Å². The summed E-state index contributed by atoms with van der Waals surface area (Å²) in [6.45, 7) is 1.65. The van der Waals surface area contributed by atoms with Crippen LogP contribution in [0.25, 0.3) is 0 Å². The van der Waals surface area contributed by atoms with Crippen LogP contribution in [0.15, 0.2) is 57.4 Å². The summed E-state index contributed by atoms with van der Waals surface area (Å²) in [5, 5.41) is 16.2. The summed E-state index contributed by atoms with van der Waals surface area (Å²) in [6.07, 6.45) is 0. The molecule has 0 aliphatic heterocycles. The monoisotopic (exact) mass is 401 g/mol. The van der Waals surface area contributed by atoms with Gasteiger partial charge in [0.1, 0.15) is 18.1 Å². The minimum atomic E-state index is -0.795. The topological polar surface area (TPSA) is 130 Å². The molecule has 1 aromatic carbocycles. The van der Waals surface area contributed by atoms with E-state index >= 15 is 0 Å². The third-order valence-corrected chi connectivity index (χ3v) is 4.50. The molecule has 0 aliphatic rings. The quantitative estimate of drug-likeness (QED) is 0.210. The lowest BCUT2D eigenvalue weighted by Gasteiger charge is -2.05. The van der Waals surface area contributed by atoms with E-state index in [1.807, 2.05) is 5.38 Å². The number of furan rings is 1. The van der Waals surface area contributed by atoms with E-state index in [2.05, 4.69) is 5.16 Å². The number of aryl methyl sites for hydroxylation is 1. The van der Waals surface area contributed by atoms with Crippen molar-refractivity contribution < 1.29 is 23.7 Å². The lowest BCUT2D eigenvalue weighted by molar-refractivity contribution is -0.385. The molecule has 0 fully saturated rings. The van der Waals surface area contributed by atoms with E-state index in [-0.39, 0.29) is 23.9 Å². The zero-order valence-corrected chi connectivity index (χ0v) is 15.5. The van der Waals surface area contributed by atoms with Crippen LogP contribution in [0.3, 0.4) is 0 Å². The van der Waals surface area contributed by atoms with E-state index in [4.69, 9.17) is 19.7 Å². The van der Waals surface area contributed by atoms with Crippen molar-refractivity contribution in [1.29, 1.82) is 0 Å². The van der Waals surface area contributed by atoms with Crippen molar-refractivity contribution in [3.63, 3.8) is 0 Å². The predicted molar refractivity (Wildman–Crippen MR) is 101 cm³/mol. The fraction of sp³-hybridized carbons (Fsp3) is 0.111. The normalized spacial score (nSPS) is 11.2. The molecule has 144 valence electrons. The Morgan fingerprint density at radius 1 is 1.32 bits per heavy atom. The lowest BCUT2D eigenvalue weighted by atomic mass is 10.2. The molecule has 0 atom stereocenters. The second-order valence-corrected chi connectivity index (χ2v) is 6.54. The van der Waals surface area contributed by atoms with Crippen LogP contribution in [0, 0.1) is 17.0 Å². The molecule has 0 saturated heterocycles. The first-order chi connectivity index (χ1) is 13.4. The first-order valence-electron chi connectivity index (χ1n) is 7.99. The largest absolute Gasteiger partial charge is 0.486 e. The van der Waals surface area contributed by atoms with Gasteiger partial charge < -0.3 is 19.7 Å². The van der Waals surface area contributed by atoms with Gasteiger partial charge in [0, 0.05) is 11.6 Å². The van der Waals surface area contributed by atoms with Crippen LogP contribution < -0.4 is 10.5 Å². The maximum atomic E-state index is 12.0. The Bertz CT molecular complexity index is 1030. The Hall–Kier alpha value is -3.66. The third kappa shape index (κ3) is 4.54. The van der Waals surface area contributed by atoms with Crippen molar-refractivity contribution in [1.82, 2.24) is 0 Å². The van der Waals surface area contributed by atoms with E-state index in [0.29, 0.717) is 22.0 Å². The number of carbonyl (C=O) groups excluding carboxylic acids is 1. The second kappa shape index (κ2) is 8.35. The number of carbonyl (C=O) groups is 1. The van der Waals surface area contributed by atoms with Crippen molar-refractivity contribution in [2.45, 2.75) is 13.5 Å². The summed E-state index contributed by atoms with van der Waals surface area (Å²) < 4.78 is 10.9. The van der Waals surface area contributed by atoms with Gasteiger partial charge in [0.15, 0.2) is 5.84 Å². The van der Waals surface area contributed by atoms with E-state index in [1.54, 1.807) is 31.2 Å². The summed E-state index contributed by atoms with van der Waals surface area (Å²) >= 11 is 1.37. The molecule has 0 amide bonds. The van der Waals surface area contributed by atoms with Crippen LogP contribution in [0.1, 0.15) is 26.8 Å². The number of hydrogen-bond donors (Lipinski definition) is 1. The van der Waals surface area contributed by atoms with Crippen LogP contribution in [0.2, 0.25) is 0 Å². The summed E-state index contributed by atoms with van der Waals surface area (Å²) in [7, 11) is 0. The smallest absolute Gasteiger partial charge is 0.400 e. The molecular weight excluding hydrogens is 386 g/mol. The van der Waals surface area contributed by atoms with Crippen molar-refractivity contribution in [3.05, 3.63) is 79.9 Å². The minimum absolute atomic E-state index is 0.0118. The second-order valence-electron chi connectivity index (χ2n) is 5.59. The number of ether oxygens (including phenoxy) is 1. The lowest BCUT2D eigenvalue weighted by Crippen LogP contribution is -2.13. The summed E-state index contributed by atoms with van der Waals surface area (Å²) in [5.74, 6) is 0.0558. The van der Waals surface area contributed by atoms with Gasteiger partial charge in [-0.25, -0.2) is 4.79 Å². The van der Waals surface area contributed by atoms with E-state index < -0.39 is 10.9 Å². The Labute approximate surface area is 163 Å². The minimum Gasteiger partial charge on any atom is -0.486 e. The van der Waals surface area contributed by atoms with Gasteiger partial charge >= 0.3 is 5.97 Å². The molecule has 2 aromatic heterocycles. The number of oxime groups is 1. The van der Waals surface area contributed by atoms with Gasteiger partial charge in [-0.2, -0.15) is 0 Å². The fourth-order valence-electron chi connectivity index (χ4n) is 2.25. The highest BCUT2D eigenvalue weighted by Gasteiger charge is 2.15. The molecule has 3 aromatic rings. The number of nitrogens with zero attached hydrogens (tertiary/aromatic N) is 2. The standard InChI is InChI=1S/C18H15N3O6S/c1-11-9-12(4-6-14(11)21(23)24)25-10-13-5-7-15(26-13)18(22)27-20-17(19)16-3-2-8-28-16/h2-9H,10H2,1H3,(H2,19,20). The molecule has 0 aliphatic carbocycles. The van der Waals surface area contributed by atoms with E-state index in [0.717, 1.165) is 0 Å². The molecular formula is C18H15N3O6S. The van der Waals surface area contributed by atoms with Gasteiger partial charge in [-0.05, 0) is 42.6 Å². The van der Waals surface area contributed by atoms with Gasteiger partial charge in [-0.1, -0.05) is 11.2 Å². The Morgan fingerprint density at radius 2 is 2.14 bits per heavy atom. The van der Waals surface area contributed by atoms with Crippen LogP contribution in [0.4, 0.5) is 5.69 Å².